The predicted octanol–water partition coefficient (Wildman–Crippen LogP) is 3.26. The lowest BCUT2D eigenvalue weighted by Gasteiger charge is -2.18. The molecule has 0 amide bonds. The maximum absolute atomic E-state index is 13.7. The topological polar surface area (TPSA) is 25.2 Å². The fourth-order valence-electron chi connectivity index (χ4n) is 1.82. The molecule has 0 spiro atoms. The Hall–Kier alpha value is -1.68. The maximum atomic E-state index is 13.7. The average Bonchev–Trinajstić information content (AvgIpc) is 2.80. The first-order valence-electron chi connectivity index (χ1n) is 5.43. The monoisotopic (exact) mass is 237 g/mol. The molecule has 2 aromatic rings. The fraction of sp³-hybridized carbons (Fsp3) is 0.231. The summed E-state index contributed by atoms with van der Waals surface area (Å²) in [6.45, 7) is 2.48. The first kappa shape index (κ1) is 11.8. The lowest BCUT2D eigenvalue weighted by atomic mass is 10.00. The van der Waals surface area contributed by atoms with E-state index in [0.717, 1.165) is 0 Å². The summed E-state index contributed by atoms with van der Waals surface area (Å²) in [6.07, 6.45) is 2.97. The Kier molecular flexibility index (Phi) is 3.54. The molecule has 1 heterocycles. The second-order valence-corrected chi connectivity index (χ2v) is 3.68. The third-order valence-corrected chi connectivity index (χ3v) is 2.57. The number of nitrogens with one attached hydrogen (secondary N) is 1. The Bertz CT molecular complexity index is 462. The summed E-state index contributed by atoms with van der Waals surface area (Å²) < 4.78 is 32.4. The SMILES string of the molecule is CCNC(c1ccoc1)c1c(F)cccc1F. The van der Waals surface area contributed by atoms with E-state index in [4.69, 9.17) is 4.42 Å². The van der Waals surface area contributed by atoms with Crippen molar-refractivity contribution < 1.29 is 13.2 Å². The van der Waals surface area contributed by atoms with Gasteiger partial charge in [-0.05, 0) is 24.7 Å². The third-order valence-electron chi connectivity index (χ3n) is 2.57. The second-order valence-electron chi connectivity index (χ2n) is 3.68. The summed E-state index contributed by atoms with van der Waals surface area (Å²) in [7, 11) is 0. The summed E-state index contributed by atoms with van der Waals surface area (Å²) in [5.74, 6) is -1.12. The van der Waals surface area contributed by atoms with E-state index in [2.05, 4.69) is 5.32 Å². The van der Waals surface area contributed by atoms with E-state index >= 15 is 0 Å². The minimum Gasteiger partial charge on any atom is -0.472 e. The normalized spacial score (nSPS) is 12.6. The Balaban J connectivity index is 2.46. The highest BCUT2D eigenvalue weighted by molar-refractivity contribution is 5.31. The minimum absolute atomic E-state index is 0.0238. The van der Waals surface area contributed by atoms with Gasteiger partial charge < -0.3 is 9.73 Å². The van der Waals surface area contributed by atoms with Crippen molar-refractivity contribution in [1.29, 1.82) is 0 Å². The van der Waals surface area contributed by atoms with Gasteiger partial charge in [-0.25, -0.2) is 8.78 Å². The Labute approximate surface area is 98.3 Å². The molecule has 1 unspecified atom stereocenters. The molecular weight excluding hydrogens is 224 g/mol. The van der Waals surface area contributed by atoms with Crippen LogP contribution in [0.1, 0.15) is 24.1 Å². The lowest BCUT2D eigenvalue weighted by molar-refractivity contribution is 0.504. The van der Waals surface area contributed by atoms with Crippen LogP contribution in [0.2, 0.25) is 0 Å². The molecule has 0 aliphatic carbocycles. The molecule has 0 radical (unpaired) electrons. The highest BCUT2D eigenvalue weighted by Gasteiger charge is 2.21. The second kappa shape index (κ2) is 5.10. The highest BCUT2D eigenvalue weighted by atomic mass is 19.1. The largest absolute Gasteiger partial charge is 0.472 e. The van der Waals surface area contributed by atoms with Crippen LogP contribution in [0.5, 0.6) is 0 Å². The molecule has 1 aromatic carbocycles. The molecule has 2 nitrogen and oxygen atoms in total. The maximum Gasteiger partial charge on any atom is 0.131 e. The van der Waals surface area contributed by atoms with Crippen molar-refractivity contribution in [2.24, 2.45) is 0 Å². The van der Waals surface area contributed by atoms with Gasteiger partial charge in [0, 0.05) is 11.1 Å². The molecule has 1 aromatic heterocycles. The van der Waals surface area contributed by atoms with Gasteiger partial charge in [0.1, 0.15) is 11.6 Å². The molecular formula is C13H13F2NO. The van der Waals surface area contributed by atoms with Gasteiger partial charge in [0.15, 0.2) is 0 Å². The smallest absolute Gasteiger partial charge is 0.131 e. The van der Waals surface area contributed by atoms with E-state index in [-0.39, 0.29) is 5.56 Å². The number of hydrogen-bond donors (Lipinski definition) is 1. The van der Waals surface area contributed by atoms with E-state index < -0.39 is 17.7 Å². The summed E-state index contributed by atoms with van der Waals surface area (Å²) in [6, 6.07) is 5.03. The van der Waals surface area contributed by atoms with Crippen LogP contribution in [0.25, 0.3) is 0 Å². The van der Waals surface area contributed by atoms with Crippen LogP contribution in [0.15, 0.2) is 41.2 Å². The number of rotatable bonds is 4. The molecule has 1 atom stereocenters. The Morgan fingerprint density at radius 2 is 1.94 bits per heavy atom. The van der Waals surface area contributed by atoms with E-state index in [0.29, 0.717) is 12.1 Å². The standard InChI is InChI=1S/C13H13F2NO/c1-2-16-13(9-6-7-17-8-9)12-10(14)4-3-5-11(12)15/h3-8,13,16H,2H2,1H3. The molecule has 0 aliphatic heterocycles. The lowest BCUT2D eigenvalue weighted by Crippen LogP contribution is -2.23. The Morgan fingerprint density at radius 1 is 1.24 bits per heavy atom. The summed E-state index contributed by atoms with van der Waals surface area (Å²) >= 11 is 0. The fourth-order valence-corrected chi connectivity index (χ4v) is 1.82. The molecule has 17 heavy (non-hydrogen) atoms. The highest BCUT2D eigenvalue weighted by Crippen LogP contribution is 2.27. The summed E-state index contributed by atoms with van der Waals surface area (Å²) in [4.78, 5) is 0. The quantitative estimate of drug-likeness (QED) is 0.883. The van der Waals surface area contributed by atoms with E-state index in [9.17, 15) is 8.78 Å². The van der Waals surface area contributed by atoms with E-state index in [1.165, 1.54) is 30.7 Å². The molecule has 1 N–H and O–H groups in total. The molecule has 0 fully saturated rings. The van der Waals surface area contributed by atoms with Crippen LogP contribution >= 0.6 is 0 Å². The average molecular weight is 237 g/mol. The molecule has 0 saturated heterocycles. The van der Waals surface area contributed by atoms with Gasteiger partial charge in [-0.2, -0.15) is 0 Å². The van der Waals surface area contributed by atoms with Crippen LogP contribution in [0.4, 0.5) is 8.78 Å². The third kappa shape index (κ3) is 2.36. The summed E-state index contributed by atoms with van der Waals surface area (Å²) in [5.41, 5.74) is 0.728. The van der Waals surface area contributed by atoms with Crippen LogP contribution in [-0.2, 0) is 0 Å². The molecule has 2 rings (SSSR count). The van der Waals surface area contributed by atoms with Crippen molar-refractivity contribution in [3.05, 3.63) is 59.6 Å². The first-order chi connectivity index (χ1) is 8.24. The zero-order valence-corrected chi connectivity index (χ0v) is 9.41. The van der Waals surface area contributed by atoms with Crippen LogP contribution in [-0.4, -0.2) is 6.54 Å². The molecule has 0 bridgehead atoms. The number of hydrogen-bond acceptors (Lipinski definition) is 2. The zero-order valence-electron chi connectivity index (χ0n) is 9.41. The number of benzene rings is 1. The van der Waals surface area contributed by atoms with Crippen molar-refractivity contribution in [2.75, 3.05) is 6.54 Å². The van der Waals surface area contributed by atoms with Gasteiger partial charge in [-0.1, -0.05) is 13.0 Å². The first-order valence-corrected chi connectivity index (χ1v) is 5.43. The molecule has 0 aliphatic rings. The minimum atomic E-state index is -0.558. The zero-order chi connectivity index (χ0) is 12.3. The van der Waals surface area contributed by atoms with Gasteiger partial charge in [-0.15, -0.1) is 0 Å². The van der Waals surface area contributed by atoms with Gasteiger partial charge in [0.25, 0.3) is 0 Å². The molecule has 4 heteroatoms. The predicted molar refractivity (Wildman–Crippen MR) is 60.6 cm³/mol. The van der Waals surface area contributed by atoms with E-state index in [1.807, 2.05) is 6.92 Å². The van der Waals surface area contributed by atoms with Crippen molar-refractivity contribution in [1.82, 2.24) is 5.32 Å². The van der Waals surface area contributed by atoms with Crippen molar-refractivity contribution in [3.63, 3.8) is 0 Å². The van der Waals surface area contributed by atoms with Gasteiger partial charge >= 0.3 is 0 Å². The van der Waals surface area contributed by atoms with E-state index in [1.54, 1.807) is 6.07 Å². The van der Waals surface area contributed by atoms with Crippen LogP contribution in [0.3, 0.4) is 0 Å². The van der Waals surface area contributed by atoms with Crippen molar-refractivity contribution in [2.45, 2.75) is 13.0 Å². The van der Waals surface area contributed by atoms with Crippen molar-refractivity contribution >= 4 is 0 Å². The molecule has 0 saturated carbocycles. The van der Waals surface area contributed by atoms with Gasteiger partial charge in [0.2, 0.25) is 0 Å². The Morgan fingerprint density at radius 3 is 2.47 bits per heavy atom. The summed E-state index contributed by atoms with van der Waals surface area (Å²) in [5, 5.41) is 3.04. The van der Waals surface area contributed by atoms with Crippen molar-refractivity contribution in [3.8, 4) is 0 Å². The number of furan rings is 1. The molecule has 90 valence electrons. The van der Waals surface area contributed by atoms with Crippen LogP contribution in [0, 0.1) is 11.6 Å². The number of halogens is 2. The van der Waals surface area contributed by atoms with Gasteiger partial charge in [-0.3, -0.25) is 0 Å². The van der Waals surface area contributed by atoms with Gasteiger partial charge in [0.05, 0.1) is 18.6 Å². The van der Waals surface area contributed by atoms with Crippen LogP contribution < -0.4 is 5.32 Å².